The van der Waals surface area contributed by atoms with E-state index in [1.165, 1.54) is 18.2 Å². The number of halogens is 3. The standard InChI is InChI=1S/C14H11ClF2/c1-9-2-3-11(8-13(9)17)14(15)10-4-6-12(16)7-5-10/h2-8,14H,1H3. The molecule has 0 saturated carbocycles. The van der Waals surface area contributed by atoms with Gasteiger partial charge in [0.2, 0.25) is 0 Å². The lowest BCUT2D eigenvalue weighted by atomic mass is 10.0. The summed E-state index contributed by atoms with van der Waals surface area (Å²) in [5, 5.41) is -0.467. The summed E-state index contributed by atoms with van der Waals surface area (Å²) in [5.41, 5.74) is 1.99. The van der Waals surface area contributed by atoms with Crippen LogP contribution in [0.5, 0.6) is 0 Å². The molecule has 0 aromatic heterocycles. The molecule has 3 heteroatoms. The highest BCUT2D eigenvalue weighted by Gasteiger charge is 2.12. The van der Waals surface area contributed by atoms with Crippen molar-refractivity contribution in [2.24, 2.45) is 0 Å². The Hall–Kier alpha value is -1.41. The molecule has 0 aliphatic carbocycles. The number of hydrogen-bond acceptors (Lipinski definition) is 0. The summed E-state index contributed by atoms with van der Waals surface area (Å²) in [5.74, 6) is -0.594. The van der Waals surface area contributed by atoms with Crippen molar-refractivity contribution in [2.45, 2.75) is 12.3 Å². The van der Waals surface area contributed by atoms with Gasteiger partial charge in [-0.15, -0.1) is 11.6 Å². The van der Waals surface area contributed by atoms with Crippen molar-refractivity contribution in [3.63, 3.8) is 0 Å². The lowest BCUT2D eigenvalue weighted by molar-refractivity contribution is 0.616. The Kier molecular flexibility index (Phi) is 3.43. The number of alkyl halides is 1. The van der Waals surface area contributed by atoms with E-state index in [-0.39, 0.29) is 11.6 Å². The SMILES string of the molecule is Cc1ccc(C(Cl)c2ccc(F)cc2)cc1F. The van der Waals surface area contributed by atoms with Crippen molar-refractivity contribution in [1.82, 2.24) is 0 Å². The van der Waals surface area contributed by atoms with Crippen molar-refractivity contribution in [1.29, 1.82) is 0 Å². The Balaban J connectivity index is 2.33. The predicted octanol–water partition coefficient (Wildman–Crippen LogP) is 4.60. The highest BCUT2D eigenvalue weighted by molar-refractivity contribution is 6.22. The van der Waals surface area contributed by atoms with Crippen LogP contribution in [0.25, 0.3) is 0 Å². The minimum absolute atomic E-state index is 0.282. The Labute approximate surface area is 104 Å². The van der Waals surface area contributed by atoms with E-state index in [1.54, 1.807) is 31.2 Å². The topological polar surface area (TPSA) is 0 Å². The van der Waals surface area contributed by atoms with Crippen molar-refractivity contribution in [3.05, 3.63) is 70.8 Å². The van der Waals surface area contributed by atoms with E-state index in [0.717, 1.165) is 5.56 Å². The van der Waals surface area contributed by atoms with Gasteiger partial charge in [0.05, 0.1) is 5.38 Å². The minimum atomic E-state index is -0.467. The van der Waals surface area contributed by atoms with Crippen LogP contribution in [0.1, 0.15) is 22.1 Å². The van der Waals surface area contributed by atoms with Gasteiger partial charge in [-0.1, -0.05) is 24.3 Å². The fourth-order valence-corrected chi connectivity index (χ4v) is 1.87. The van der Waals surface area contributed by atoms with Gasteiger partial charge >= 0.3 is 0 Å². The average Bonchev–Trinajstić information content (AvgIpc) is 2.33. The molecule has 0 heterocycles. The molecule has 0 aliphatic rings. The van der Waals surface area contributed by atoms with Gasteiger partial charge in [-0.25, -0.2) is 8.78 Å². The molecule has 0 aliphatic heterocycles. The van der Waals surface area contributed by atoms with Gasteiger partial charge in [-0.05, 0) is 41.8 Å². The van der Waals surface area contributed by atoms with E-state index in [0.29, 0.717) is 11.1 Å². The van der Waals surface area contributed by atoms with E-state index in [1.807, 2.05) is 0 Å². The second kappa shape index (κ2) is 4.84. The monoisotopic (exact) mass is 252 g/mol. The molecule has 0 bridgehead atoms. The van der Waals surface area contributed by atoms with E-state index >= 15 is 0 Å². The van der Waals surface area contributed by atoms with Crippen LogP contribution in [0.15, 0.2) is 42.5 Å². The first-order valence-corrected chi connectivity index (χ1v) is 5.67. The van der Waals surface area contributed by atoms with Crippen molar-refractivity contribution >= 4 is 11.6 Å². The van der Waals surface area contributed by atoms with Gasteiger partial charge in [0.15, 0.2) is 0 Å². The summed E-state index contributed by atoms with van der Waals surface area (Å²) < 4.78 is 26.2. The van der Waals surface area contributed by atoms with E-state index in [9.17, 15) is 8.78 Å². The molecule has 0 radical (unpaired) electrons. The zero-order chi connectivity index (χ0) is 12.4. The van der Waals surface area contributed by atoms with Crippen LogP contribution in [0.3, 0.4) is 0 Å². The summed E-state index contributed by atoms with van der Waals surface area (Å²) in [6, 6.07) is 10.8. The lowest BCUT2D eigenvalue weighted by Gasteiger charge is -2.11. The van der Waals surface area contributed by atoms with Gasteiger partial charge in [0, 0.05) is 0 Å². The third-order valence-corrected chi connectivity index (χ3v) is 3.16. The average molecular weight is 253 g/mol. The van der Waals surface area contributed by atoms with Crippen LogP contribution in [0.2, 0.25) is 0 Å². The largest absolute Gasteiger partial charge is 0.207 e. The fraction of sp³-hybridized carbons (Fsp3) is 0.143. The molecule has 88 valence electrons. The Morgan fingerprint density at radius 2 is 1.53 bits per heavy atom. The maximum absolute atomic E-state index is 13.4. The summed E-state index contributed by atoms with van der Waals surface area (Å²) in [6.45, 7) is 1.69. The van der Waals surface area contributed by atoms with Crippen LogP contribution in [-0.4, -0.2) is 0 Å². The van der Waals surface area contributed by atoms with Crippen molar-refractivity contribution in [3.8, 4) is 0 Å². The molecule has 0 amide bonds. The molecule has 2 aromatic carbocycles. The van der Waals surface area contributed by atoms with Crippen molar-refractivity contribution < 1.29 is 8.78 Å². The highest BCUT2D eigenvalue weighted by atomic mass is 35.5. The summed E-state index contributed by atoms with van der Waals surface area (Å²) in [6.07, 6.45) is 0. The van der Waals surface area contributed by atoms with E-state index < -0.39 is 5.38 Å². The highest BCUT2D eigenvalue weighted by Crippen LogP contribution is 2.29. The zero-order valence-corrected chi connectivity index (χ0v) is 10.0. The number of hydrogen-bond donors (Lipinski definition) is 0. The molecule has 2 aromatic rings. The fourth-order valence-electron chi connectivity index (χ4n) is 1.59. The third kappa shape index (κ3) is 2.64. The van der Waals surface area contributed by atoms with Gasteiger partial charge in [0.25, 0.3) is 0 Å². The quantitative estimate of drug-likeness (QED) is 0.685. The molecule has 0 fully saturated rings. The molecule has 1 atom stereocenters. The smallest absolute Gasteiger partial charge is 0.126 e. The third-order valence-electron chi connectivity index (χ3n) is 2.65. The number of benzene rings is 2. The summed E-state index contributed by atoms with van der Waals surface area (Å²) in [4.78, 5) is 0. The predicted molar refractivity (Wildman–Crippen MR) is 65.2 cm³/mol. The second-order valence-electron chi connectivity index (χ2n) is 3.92. The molecular formula is C14H11ClF2. The molecule has 0 saturated heterocycles. The summed E-state index contributed by atoms with van der Waals surface area (Å²) >= 11 is 6.22. The van der Waals surface area contributed by atoms with E-state index in [4.69, 9.17) is 11.6 Å². The first kappa shape index (κ1) is 12.1. The normalized spacial score (nSPS) is 12.5. The Bertz CT molecular complexity index is 520. The zero-order valence-electron chi connectivity index (χ0n) is 9.25. The molecule has 0 spiro atoms. The Morgan fingerprint density at radius 3 is 2.12 bits per heavy atom. The van der Waals surface area contributed by atoms with Gasteiger partial charge in [-0.3, -0.25) is 0 Å². The maximum Gasteiger partial charge on any atom is 0.126 e. The first-order valence-electron chi connectivity index (χ1n) is 5.23. The van der Waals surface area contributed by atoms with Gasteiger partial charge in [-0.2, -0.15) is 0 Å². The van der Waals surface area contributed by atoms with Crippen LogP contribution < -0.4 is 0 Å². The molecule has 17 heavy (non-hydrogen) atoms. The second-order valence-corrected chi connectivity index (χ2v) is 4.36. The molecular weight excluding hydrogens is 242 g/mol. The molecule has 0 nitrogen and oxygen atoms in total. The van der Waals surface area contributed by atoms with Crippen LogP contribution in [0, 0.1) is 18.6 Å². The number of rotatable bonds is 2. The molecule has 0 N–H and O–H groups in total. The van der Waals surface area contributed by atoms with Crippen LogP contribution >= 0.6 is 11.6 Å². The maximum atomic E-state index is 13.4. The summed E-state index contributed by atoms with van der Waals surface area (Å²) in [7, 11) is 0. The van der Waals surface area contributed by atoms with Gasteiger partial charge < -0.3 is 0 Å². The van der Waals surface area contributed by atoms with Crippen LogP contribution in [-0.2, 0) is 0 Å². The number of aryl methyl sites for hydroxylation is 1. The molecule has 2 rings (SSSR count). The lowest BCUT2D eigenvalue weighted by Crippen LogP contribution is -1.95. The van der Waals surface area contributed by atoms with Crippen molar-refractivity contribution in [2.75, 3.05) is 0 Å². The Morgan fingerprint density at radius 1 is 0.941 bits per heavy atom. The minimum Gasteiger partial charge on any atom is -0.207 e. The van der Waals surface area contributed by atoms with E-state index in [2.05, 4.69) is 0 Å². The van der Waals surface area contributed by atoms with Crippen LogP contribution in [0.4, 0.5) is 8.78 Å². The first-order chi connectivity index (χ1) is 8.08. The molecule has 1 unspecified atom stereocenters. The van der Waals surface area contributed by atoms with Gasteiger partial charge in [0.1, 0.15) is 11.6 Å².